The van der Waals surface area contributed by atoms with Crippen molar-refractivity contribution in [3.05, 3.63) is 29.6 Å². The fourth-order valence-electron chi connectivity index (χ4n) is 1.44. The van der Waals surface area contributed by atoms with E-state index in [1.807, 2.05) is 0 Å². The van der Waals surface area contributed by atoms with Crippen molar-refractivity contribution in [3.8, 4) is 5.75 Å². The Kier molecular flexibility index (Phi) is 4.52. The van der Waals surface area contributed by atoms with Gasteiger partial charge in [-0.1, -0.05) is 12.1 Å². The van der Waals surface area contributed by atoms with Crippen LogP contribution in [0.15, 0.2) is 18.2 Å². The van der Waals surface area contributed by atoms with Gasteiger partial charge in [-0.25, -0.2) is 4.39 Å². The van der Waals surface area contributed by atoms with Crippen LogP contribution >= 0.6 is 0 Å². The van der Waals surface area contributed by atoms with Crippen LogP contribution in [0.4, 0.5) is 4.39 Å². The normalized spacial score (nSPS) is 12.5. The van der Waals surface area contributed by atoms with Gasteiger partial charge in [0.2, 0.25) is 0 Å². The van der Waals surface area contributed by atoms with Crippen LogP contribution < -0.4 is 10.5 Å². The Balaban J connectivity index is 2.83. The smallest absolute Gasteiger partial charge is 0.169 e. The Hall–Kier alpha value is -1.13. The van der Waals surface area contributed by atoms with Gasteiger partial charge in [0.25, 0.3) is 0 Å². The lowest BCUT2D eigenvalue weighted by Crippen LogP contribution is -2.13. The summed E-state index contributed by atoms with van der Waals surface area (Å²) in [6, 6.07) is 4.50. The van der Waals surface area contributed by atoms with E-state index in [2.05, 4.69) is 0 Å². The SMILES string of the molecule is COc1cccc([C@H](N)CCCO)c1F. The van der Waals surface area contributed by atoms with Crippen molar-refractivity contribution >= 4 is 0 Å². The van der Waals surface area contributed by atoms with Gasteiger partial charge in [-0.3, -0.25) is 0 Å². The van der Waals surface area contributed by atoms with E-state index >= 15 is 0 Å². The summed E-state index contributed by atoms with van der Waals surface area (Å²) >= 11 is 0. The van der Waals surface area contributed by atoms with Crippen LogP contribution in [0.5, 0.6) is 5.75 Å². The van der Waals surface area contributed by atoms with Gasteiger partial charge in [-0.15, -0.1) is 0 Å². The van der Waals surface area contributed by atoms with E-state index in [1.165, 1.54) is 7.11 Å². The minimum absolute atomic E-state index is 0.0687. The van der Waals surface area contributed by atoms with Gasteiger partial charge >= 0.3 is 0 Å². The summed E-state index contributed by atoms with van der Waals surface area (Å²) in [4.78, 5) is 0. The number of hydrogen-bond donors (Lipinski definition) is 2. The molecule has 0 radical (unpaired) electrons. The summed E-state index contributed by atoms with van der Waals surface area (Å²) in [5.74, 6) is -0.211. The molecule has 0 aliphatic carbocycles. The lowest BCUT2D eigenvalue weighted by molar-refractivity contribution is 0.279. The Labute approximate surface area is 88.7 Å². The molecule has 0 fully saturated rings. The molecule has 1 aromatic carbocycles. The monoisotopic (exact) mass is 213 g/mol. The number of benzene rings is 1. The number of ether oxygens (including phenoxy) is 1. The summed E-state index contributed by atoms with van der Waals surface area (Å²) in [7, 11) is 1.42. The quantitative estimate of drug-likeness (QED) is 0.781. The van der Waals surface area contributed by atoms with E-state index in [4.69, 9.17) is 15.6 Å². The maximum absolute atomic E-state index is 13.7. The lowest BCUT2D eigenvalue weighted by Gasteiger charge is -2.13. The molecule has 0 bridgehead atoms. The molecule has 84 valence electrons. The zero-order valence-corrected chi connectivity index (χ0v) is 8.74. The van der Waals surface area contributed by atoms with Gasteiger partial charge in [-0.05, 0) is 18.9 Å². The fourth-order valence-corrected chi connectivity index (χ4v) is 1.44. The standard InChI is InChI=1S/C11H16FNO2/c1-15-10-6-2-4-8(11(10)12)9(13)5-3-7-14/h2,4,6,9,14H,3,5,7,13H2,1H3/t9-/m1/s1. The lowest BCUT2D eigenvalue weighted by atomic mass is 10.0. The molecular formula is C11H16FNO2. The first-order chi connectivity index (χ1) is 7.20. The topological polar surface area (TPSA) is 55.5 Å². The van der Waals surface area contributed by atoms with Crippen LogP contribution in [-0.4, -0.2) is 18.8 Å². The molecular weight excluding hydrogens is 197 g/mol. The van der Waals surface area contributed by atoms with E-state index in [1.54, 1.807) is 18.2 Å². The van der Waals surface area contributed by atoms with E-state index in [0.717, 1.165) is 0 Å². The Morgan fingerprint density at radius 3 is 2.87 bits per heavy atom. The average molecular weight is 213 g/mol. The third-order valence-electron chi connectivity index (χ3n) is 2.29. The third-order valence-corrected chi connectivity index (χ3v) is 2.29. The number of aliphatic hydroxyl groups excluding tert-OH is 1. The maximum Gasteiger partial charge on any atom is 0.169 e. The molecule has 0 heterocycles. The van der Waals surface area contributed by atoms with Crippen LogP contribution in [0.25, 0.3) is 0 Å². The molecule has 1 rings (SSSR count). The van der Waals surface area contributed by atoms with Gasteiger partial charge in [-0.2, -0.15) is 0 Å². The summed E-state index contributed by atoms with van der Waals surface area (Å²) < 4.78 is 18.5. The molecule has 0 aliphatic heterocycles. The molecule has 1 atom stereocenters. The number of nitrogens with two attached hydrogens (primary N) is 1. The van der Waals surface area contributed by atoms with Crippen LogP contribution in [0, 0.1) is 5.82 Å². The molecule has 3 N–H and O–H groups in total. The second kappa shape index (κ2) is 5.68. The van der Waals surface area contributed by atoms with Crippen LogP contribution in [-0.2, 0) is 0 Å². The largest absolute Gasteiger partial charge is 0.494 e. The van der Waals surface area contributed by atoms with Crippen LogP contribution in [0.1, 0.15) is 24.4 Å². The molecule has 0 aromatic heterocycles. The third kappa shape index (κ3) is 2.91. The second-order valence-electron chi connectivity index (χ2n) is 3.34. The van der Waals surface area contributed by atoms with Crippen LogP contribution in [0.2, 0.25) is 0 Å². The van der Waals surface area contributed by atoms with E-state index < -0.39 is 11.9 Å². The Bertz CT molecular complexity index is 317. The Morgan fingerprint density at radius 2 is 2.27 bits per heavy atom. The summed E-state index contributed by atoms with van der Waals surface area (Å²) in [5, 5.41) is 8.66. The molecule has 1 aromatic rings. The zero-order chi connectivity index (χ0) is 11.3. The van der Waals surface area contributed by atoms with Crippen molar-refractivity contribution in [1.29, 1.82) is 0 Å². The molecule has 15 heavy (non-hydrogen) atoms. The number of hydrogen-bond acceptors (Lipinski definition) is 3. The highest BCUT2D eigenvalue weighted by Gasteiger charge is 2.14. The molecule has 3 nitrogen and oxygen atoms in total. The summed E-state index contributed by atoms with van der Waals surface area (Å²) in [5.41, 5.74) is 6.23. The molecule has 4 heteroatoms. The number of halogens is 1. The predicted octanol–water partition coefficient (Wildman–Crippen LogP) is 1.61. The van der Waals surface area contributed by atoms with Gasteiger partial charge in [0, 0.05) is 18.2 Å². The highest BCUT2D eigenvalue weighted by Crippen LogP contribution is 2.25. The highest BCUT2D eigenvalue weighted by molar-refractivity contribution is 5.32. The molecule has 0 amide bonds. The summed E-state index contributed by atoms with van der Waals surface area (Å²) in [6.07, 6.45) is 1.12. The molecule has 0 spiro atoms. The maximum atomic E-state index is 13.7. The first-order valence-corrected chi connectivity index (χ1v) is 4.89. The van der Waals surface area contributed by atoms with Crippen molar-refractivity contribution in [2.24, 2.45) is 5.73 Å². The molecule has 0 unspecified atom stereocenters. The van der Waals surface area contributed by atoms with Crippen molar-refractivity contribution in [1.82, 2.24) is 0 Å². The van der Waals surface area contributed by atoms with E-state index in [0.29, 0.717) is 18.4 Å². The first-order valence-electron chi connectivity index (χ1n) is 4.89. The van der Waals surface area contributed by atoms with Crippen molar-refractivity contribution in [2.45, 2.75) is 18.9 Å². The van der Waals surface area contributed by atoms with E-state index in [9.17, 15) is 4.39 Å². The number of rotatable bonds is 5. The van der Waals surface area contributed by atoms with Crippen LogP contribution in [0.3, 0.4) is 0 Å². The average Bonchev–Trinajstić information content (AvgIpc) is 2.26. The van der Waals surface area contributed by atoms with Crippen molar-refractivity contribution in [3.63, 3.8) is 0 Å². The predicted molar refractivity (Wildman–Crippen MR) is 56.2 cm³/mol. The van der Waals surface area contributed by atoms with Gasteiger partial charge in [0.15, 0.2) is 11.6 Å². The van der Waals surface area contributed by atoms with Gasteiger partial charge in [0.1, 0.15) is 0 Å². The minimum Gasteiger partial charge on any atom is -0.494 e. The van der Waals surface area contributed by atoms with Crippen molar-refractivity contribution in [2.75, 3.05) is 13.7 Å². The van der Waals surface area contributed by atoms with Gasteiger partial charge < -0.3 is 15.6 Å². The second-order valence-corrected chi connectivity index (χ2v) is 3.34. The molecule has 0 aliphatic rings. The number of methoxy groups -OCH3 is 1. The Morgan fingerprint density at radius 1 is 1.53 bits per heavy atom. The molecule has 0 saturated carbocycles. The number of aliphatic hydroxyl groups is 1. The van der Waals surface area contributed by atoms with Gasteiger partial charge in [0.05, 0.1) is 7.11 Å². The zero-order valence-electron chi connectivity index (χ0n) is 8.74. The van der Waals surface area contributed by atoms with Crippen molar-refractivity contribution < 1.29 is 14.2 Å². The fraction of sp³-hybridized carbons (Fsp3) is 0.455. The first kappa shape index (κ1) is 11.9. The molecule has 0 saturated heterocycles. The minimum atomic E-state index is -0.412. The highest BCUT2D eigenvalue weighted by atomic mass is 19.1. The van der Waals surface area contributed by atoms with E-state index in [-0.39, 0.29) is 12.4 Å². The summed E-state index contributed by atoms with van der Waals surface area (Å²) in [6.45, 7) is 0.0687.